The molecule has 0 saturated carbocycles. The Morgan fingerprint density at radius 3 is 2.90 bits per heavy atom. The minimum absolute atomic E-state index is 0.233. The second-order valence-corrected chi connectivity index (χ2v) is 5.08. The van der Waals surface area contributed by atoms with E-state index >= 15 is 0 Å². The smallest absolute Gasteiger partial charge is 0.183 e. The Balaban J connectivity index is 2.18. The number of fused-ring (bicyclic) bond motifs is 1. The van der Waals surface area contributed by atoms with E-state index in [-0.39, 0.29) is 5.75 Å². The minimum Gasteiger partial charge on any atom is -0.491 e. The number of rotatable bonds is 3. The van der Waals surface area contributed by atoms with Crippen LogP contribution in [-0.4, -0.2) is 21.1 Å². The molecule has 0 saturated heterocycles. The van der Waals surface area contributed by atoms with Crippen molar-refractivity contribution >= 4 is 23.4 Å². The Bertz CT molecular complexity index is 869. The number of benzene rings is 1. The average molecular weight is 303 g/mol. The normalized spacial score (nSPS) is 11.0. The molecule has 0 fully saturated rings. The summed E-state index contributed by atoms with van der Waals surface area (Å²) in [5.41, 5.74) is 3.15. The van der Waals surface area contributed by atoms with Crippen molar-refractivity contribution in [2.45, 2.75) is 13.8 Å². The van der Waals surface area contributed by atoms with Crippen molar-refractivity contribution in [1.82, 2.24) is 14.5 Å². The second kappa shape index (κ2) is 5.29. The van der Waals surface area contributed by atoms with E-state index in [4.69, 9.17) is 17.0 Å². The fraction of sp³-hybridized carbons (Fsp3) is 0.200. The summed E-state index contributed by atoms with van der Waals surface area (Å²) >= 11 is 5.32. The Labute approximate surface area is 126 Å². The topological polar surface area (TPSA) is 42.8 Å². The molecule has 1 N–H and O–H groups in total. The Kier molecular flexibility index (Phi) is 3.47. The highest BCUT2D eigenvalue weighted by atomic mass is 32.1. The van der Waals surface area contributed by atoms with Crippen molar-refractivity contribution in [3.63, 3.8) is 0 Å². The zero-order chi connectivity index (χ0) is 15.0. The van der Waals surface area contributed by atoms with Gasteiger partial charge in [-0.3, -0.25) is 4.57 Å². The van der Waals surface area contributed by atoms with Crippen LogP contribution in [0.2, 0.25) is 0 Å². The van der Waals surface area contributed by atoms with Gasteiger partial charge in [-0.25, -0.2) is 9.37 Å². The number of aryl methyl sites for hydroxylation is 1. The van der Waals surface area contributed by atoms with Crippen LogP contribution in [0.15, 0.2) is 30.5 Å². The summed E-state index contributed by atoms with van der Waals surface area (Å²) in [5.74, 6) is -0.186. The standard InChI is InChI=1S/C15H14FN3OS/c1-3-20-13-5-4-10(7-11(13)16)19-14-12(18-15(19)21)6-9(2)8-17-14/h4-8H,3H2,1-2H3,(H,18,21). The van der Waals surface area contributed by atoms with Crippen molar-refractivity contribution in [3.8, 4) is 11.4 Å². The lowest BCUT2D eigenvalue weighted by Crippen LogP contribution is -1.99. The molecule has 0 unspecified atom stereocenters. The predicted octanol–water partition coefficient (Wildman–Crippen LogP) is 3.93. The van der Waals surface area contributed by atoms with Gasteiger partial charge in [-0.2, -0.15) is 0 Å². The zero-order valence-corrected chi connectivity index (χ0v) is 12.5. The maximum atomic E-state index is 14.0. The number of halogens is 1. The van der Waals surface area contributed by atoms with Gasteiger partial charge < -0.3 is 9.72 Å². The SMILES string of the molecule is CCOc1ccc(-n2c(=S)[nH]c3cc(C)cnc32)cc1F. The number of ether oxygens (including phenoxy) is 1. The van der Waals surface area contributed by atoms with Crippen molar-refractivity contribution in [3.05, 3.63) is 46.6 Å². The van der Waals surface area contributed by atoms with Crippen LogP contribution in [0.25, 0.3) is 16.9 Å². The van der Waals surface area contributed by atoms with Crippen LogP contribution < -0.4 is 4.74 Å². The summed E-state index contributed by atoms with van der Waals surface area (Å²) in [6.45, 7) is 4.19. The van der Waals surface area contributed by atoms with Crippen LogP contribution in [-0.2, 0) is 0 Å². The third-order valence-corrected chi connectivity index (χ3v) is 3.42. The Hall–Kier alpha value is -2.21. The summed E-state index contributed by atoms with van der Waals surface area (Å²) in [4.78, 5) is 7.46. The molecule has 21 heavy (non-hydrogen) atoms. The van der Waals surface area contributed by atoms with E-state index < -0.39 is 5.82 Å². The Morgan fingerprint density at radius 1 is 1.38 bits per heavy atom. The van der Waals surface area contributed by atoms with Crippen LogP contribution in [0.4, 0.5) is 4.39 Å². The molecule has 0 atom stereocenters. The lowest BCUT2D eigenvalue weighted by atomic mass is 10.2. The second-order valence-electron chi connectivity index (χ2n) is 4.70. The van der Waals surface area contributed by atoms with Crippen LogP contribution in [0.1, 0.15) is 12.5 Å². The van der Waals surface area contributed by atoms with Crippen molar-refractivity contribution in [1.29, 1.82) is 0 Å². The number of hydrogen-bond donors (Lipinski definition) is 1. The van der Waals surface area contributed by atoms with E-state index in [2.05, 4.69) is 9.97 Å². The van der Waals surface area contributed by atoms with E-state index in [0.717, 1.165) is 11.1 Å². The van der Waals surface area contributed by atoms with Gasteiger partial charge in [0.2, 0.25) is 0 Å². The molecule has 0 amide bonds. The first-order chi connectivity index (χ1) is 10.1. The number of pyridine rings is 1. The predicted molar refractivity (Wildman–Crippen MR) is 82.1 cm³/mol. The molecule has 4 nitrogen and oxygen atoms in total. The first-order valence-electron chi connectivity index (χ1n) is 6.60. The highest BCUT2D eigenvalue weighted by Gasteiger charge is 2.11. The lowest BCUT2D eigenvalue weighted by Gasteiger charge is -2.08. The van der Waals surface area contributed by atoms with Crippen molar-refractivity contribution < 1.29 is 9.13 Å². The number of nitrogens with zero attached hydrogens (tertiary/aromatic N) is 2. The number of H-pyrrole nitrogens is 1. The highest BCUT2D eigenvalue weighted by Crippen LogP contribution is 2.23. The molecule has 0 radical (unpaired) electrons. The fourth-order valence-electron chi connectivity index (χ4n) is 2.24. The van der Waals surface area contributed by atoms with Crippen LogP contribution in [0.3, 0.4) is 0 Å². The molecule has 1 aromatic carbocycles. The summed E-state index contributed by atoms with van der Waals surface area (Å²) in [5, 5.41) is 0. The number of hydrogen-bond acceptors (Lipinski definition) is 3. The number of aromatic nitrogens is 3. The van der Waals surface area contributed by atoms with Gasteiger partial charge in [-0.05, 0) is 49.8 Å². The number of aromatic amines is 1. The van der Waals surface area contributed by atoms with E-state index in [9.17, 15) is 4.39 Å². The minimum atomic E-state index is -0.419. The van der Waals surface area contributed by atoms with Gasteiger partial charge in [0.1, 0.15) is 0 Å². The van der Waals surface area contributed by atoms with Gasteiger partial charge in [-0.15, -0.1) is 0 Å². The quantitative estimate of drug-likeness (QED) is 0.746. The van der Waals surface area contributed by atoms with Gasteiger partial charge in [0.05, 0.1) is 17.8 Å². The highest BCUT2D eigenvalue weighted by molar-refractivity contribution is 7.71. The molecule has 3 aromatic rings. The molecule has 0 spiro atoms. The third-order valence-electron chi connectivity index (χ3n) is 3.13. The lowest BCUT2D eigenvalue weighted by molar-refractivity contribution is 0.321. The van der Waals surface area contributed by atoms with Gasteiger partial charge in [0.25, 0.3) is 0 Å². The molecule has 6 heteroatoms. The number of imidazole rings is 1. The summed E-state index contributed by atoms with van der Waals surface area (Å²) in [6, 6.07) is 6.72. The van der Waals surface area contributed by atoms with Gasteiger partial charge in [0, 0.05) is 12.3 Å². The van der Waals surface area contributed by atoms with E-state index in [1.807, 2.05) is 19.9 Å². The van der Waals surface area contributed by atoms with E-state index in [0.29, 0.717) is 22.7 Å². The molecule has 0 aliphatic carbocycles. The van der Waals surface area contributed by atoms with Crippen LogP contribution in [0, 0.1) is 17.5 Å². The average Bonchev–Trinajstić information content (AvgIpc) is 2.76. The molecular weight excluding hydrogens is 289 g/mol. The van der Waals surface area contributed by atoms with Crippen LogP contribution in [0.5, 0.6) is 5.75 Å². The molecule has 108 valence electrons. The van der Waals surface area contributed by atoms with Crippen LogP contribution >= 0.6 is 12.2 Å². The fourth-order valence-corrected chi connectivity index (χ4v) is 2.54. The molecule has 0 aliphatic rings. The van der Waals surface area contributed by atoms with E-state index in [1.54, 1.807) is 22.9 Å². The largest absolute Gasteiger partial charge is 0.491 e. The molecular formula is C15H14FN3OS. The number of nitrogens with one attached hydrogen (secondary N) is 1. The van der Waals surface area contributed by atoms with Crippen molar-refractivity contribution in [2.75, 3.05) is 6.61 Å². The summed E-state index contributed by atoms with van der Waals surface area (Å²) in [7, 11) is 0. The summed E-state index contributed by atoms with van der Waals surface area (Å²) in [6.07, 6.45) is 1.76. The molecule has 3 rings (SSSR count). The van der Waals surface area contributed by atoms with Gasteiger partial charge in [-0.1, -0.05) is 0 Å². The third kappa shape index (κ3) is 2.42. The first kappa shape index (κ1) is 13.8. The molecule has 2 aromatic heterocycles. The van der Waals surface area contributed by atoms with E-state index in [1.165, 1.54) is 6.07 Å². The van der Waals surface area contributed by atoms with Crippen molar-refractivity contribution in [2.24, 2.45) is 0 Å². The maximum absolute atomic E-state index is 14.0. The summed E-state index contributed by atoms with van der Waals surface area (Å²) < 4.78 is 21.4. The maximum Gasteiger partial charge on any atom is 0.183 e. The Morgan fingerprint density at radius 2 is 2.19 bits per heavy atom. The molecule has 0 bridgehead atoms. The van der Waals surface area contributed by atoms with Gasteiger partial charge in [0.15, 0.2) is 22.0 Å². The zero-order valence-electron chi connectivity index (χ0n) is 11.7. The van der Waals surface area contributed by atoms with Gasteiger partial charge >= 0.3 is 0 Å². The first-order valence-corrected chi connectivity index (χ1v) is 7.01. The molecule has 2 heterocycles. The monoisotopic (exact) mass is 303 g/mol. The molecule has 0 aliphatic heterocycles.